The highest BCUT2D eigenvalue weighted by atomic mass is 32.1. The van der Waals surface area contributed by atoms with Crippen LogP contribution in [0.15, 0.2) is 36.5 Å². The lowest BCUT2D eigenvalue weighted by atomic mass is 10.1. The second-order valence-corrected chi connectivity index (χ2v) is 7.47. The van der Waals surface area contributed by atoms with Crippen LogP contribution >= 0.6 is 11.3 Å². The first-order chi connectivity index (χ1) is 13.8. The molecule has 0 amide bonds. The molecule has 3 aromatic rings. The van der Waals surface area contributed by atoms with Crippen LogP contribution < -0.4 is 4.74 Å². The number of benzene rings is 1. The van der Waals surface area contributed by atoms with Gasteiger partial charge in [0.05, 0.1) is 11.2 Å². The number of ether oxygens (including phenoxy) is 2. The van der Waals surface area contributed by atoms with Crippen LogP contribution in [-0.2, 0) is 4.74 Å². The number of hydrogen-bond acceptors (Lipinski definition) is 6. The number of nitrogens with zero attached hydrogens (tertiary/aromatic N) is 2. The molecule has 1 aromatic carbocycles. The van der Waals surface area contributed by atoms with Crippen LogP contribution in [0.25, 0.3) is 5.69 Å². The first kappa shape index (κ1) is 20.7. The molecule has 0 saturated heterocycles. The molecular formula is C20H18F2N2O4S. The van der Waals surface area contributed by atoms with E-state index in [-0.39, 0.29) is 18.1 Å². The van der Waals surface area contributed by atoms with E-state index in [9.17, 15) is 18.4 Å². The van der Waals surface area contributed by atoms with Crippen LogP contribution in [0.1, 0.15) is 36.4 Å². The summed E-state index contributed by atoms with van der Waals surface area (Å²) in [6.45, 7) is 2.07. The van der Waals surface area contributed by atoms with E-state index in [1.807, 2.05) is 11.5 Å². The minimum absolute atomic E-state index is 0.0488. The number of thiazole rings is 1. The number of hydrogen-bond donors (Lipinski definition) is 0. The third kappa shape index (κ3) is 4.68. The van der Waals surface area contributed by atoms with E-state index >= 15 is 0 Å². The molecule has 0 fully saturated rings. The predicted octanol–water partition coefficient (Wildman–Crippen LogP) is 4.50. The third-order valence-corrected chi connectivity index (χ3v) is 5.10. The number of Topliss-reactive ketones (excluding diaryl/α,β-unsaturated/α-hetero) is 1. The Bertz CT molecular complexity index is 1040. The van der Waals surface area contributed by atoms with E-state index in [4.69, 9.17) is 4.74 Å². The van der Waals surface area contributed by atoms with Gasteiger partial charge < -0.3 is 14.0 Å². The van der Waals surface area contributed by atoms with Crippen molar-refractivity contribution in [3.05, 3.63) is 63.4 Å². The number of halogens is 2. The number of esters is 1. The third-order valence-electron chi connectivity index (χ3n) is 4.21. The van der Waals surface area contributed by atoms with Gasteiger partial charge in [0.15, 0.2) is 6.61 Å². The Labute approximate surface area is 169 Å². The normalized spacial score (nSPS) is 11.0. The summed E-state index contributed by atoms with van der Waals surface area (Å²) in [6.07, 6.45) is 1.42. The fourth-order valence-electron chi connectivity index (χ4n) is 2.95. The van der Waals surface area contributed by atoms with E-state index in [2.05, 4.69) is 9.72 Å². The maximum Gasteiger partial charge on any atom is 0.387 e. The maximum absolute atomic E-state index is 12.6. The van der Waals surface area contributed by atoms with Crippen molar-refractivity contribution >= 4 is 23.1 Å². The predicted molar refractivity (Wildman–Crippen MR) is 103 cm³/mol. The maximum atomic E-state index is 12.6. The van der Waals surface area contributed by atoms with Crippen molar-refractivity contribution in [2.24, 2.45) is 0 Å². The zero-order valence-electron chi connectivity index (χ0n) is 15.9. The Morgan fingerprint density at radius 3 is 2.45 bits per heavy atom. The zero-order valence-corrected chi connectivity index (χ0v) is 16.8. The fraction of sp³-hybridized carbons (Fsp3) is 0.250. The molecule has 2 heterocycles. The number of ketones is 1. The molecule has 6 nitrogen and oxygen atoms in total. The molecule has 0 saturated carbocycles. The van der Waals surface area contributed by atoms with E-state index in [0.29, 0.717) is 21.8 Å². The summed E-state index contributed by atoms with van der Waals surface area (Å²) in [7, 11) is 0. The first-order valence-electron chi connectivity index (χ1n) is 8.63. The smallest absolute Gasteiger partial charge is 0.387 e. The van der Waals surface area contributed by atoms with Crippen molar-refractivity contribution in [2.45, 2.75) is 27.4 Å². The average Bonchev–Trinajstić information content (AvgIpc) is 3.23. The number of alkyl halides is 2. The van der Waals surface area contributed by atoms with Crippen LogP contribution in [-0.4, -0.2) is 34.5 Å². The minimum atomic E-state index is -2.89. The minimum Gasteiger partial charge on any atom is -0.453 e. The molecule has 0 atom stereocenters. The van der Waals surface area contributed by atoms with Crippen molar-refractivity contribution in [2.75, 3.05) is 6.61 Å². The SMILES string of the molecule is Cc1ncc(C(=O)OCC(=O)c2cc(C)n(-c3ccc(OC(F)F)cc3)c2C)s1. The Balaban J connectivity index is 1.74. The van der Waals surface area contributed by atoms with Crippen molar-refractivity contribution in [1.82, 2.24) is 9.55 Å². The topological polar surface area (TPSA) is 70.4 Å². The molecule has 3 rings (SSSR count). The molecule has 0 spiro atoms. The van der Waals surface area contributed by atoms with Gasteiger partial charge in [-0.1, -0.05) is 0 Å². The molecular weight excluding hydrogens is 402 g/mol. The number of aryl methyl sites for hydroxylation is 2. The highest BCUT2D eigenvalue weighted by molar-refractivity contribution is 7.13. The van der Waals surface area contributed by atoms with Crippen LogP contribution in [0.5, 0.6) is 5.75 Å². The van der Waals surface area contributed by atoms with Gasteiger partial charge in [-0.3, -0.25) is 4.79 Å². The van der Waals surface area contributed by atoms with Crippen LogP contribution in [0.2, 0.25) is 0 Å². The molecule has 0 radical (unpaired) electrons. The van der Waals surface area contributed by atoms with Gasteiger partial charge in [0.1, 0.15) is 10.6 Å². The highest BCUT2D eigenvalue weighted by Crippen LogP contribution is 2.24. The Morgan fingerprint density at radius 2 is 1.86 bits per heavy atom. The molecule has 0 unspecified atom stereocenters. The summed E-state index contributed by atoms with van der Waals surface area (Å²) in [6, 6.07) is 7.81. The van der Waals surface area contributed by atoms with Gasteiger partial charge in [-0.05, 0) is 51.1 Å². The summed E-state index contributed by atoms with van der Waals surface area (Å²) in [5, 5.41) is 0.733. The quantitative estimate of drug-likeness (QED) is 0.416. The van der Waals surface area contributed by atoms with Gasteiger partial charge in [-0.2, -0.15) is 8.78 Å². The Morgan fingerprint density at radius 1 is 1.17 bits per heavy atom. The molecule has 0 bridgehead atoms. The van der Waals surface area contributed by atoms with Crippen LogP contribution in [0.4, 0.5) is 8.78 Å². The monoisotopic (exact) mass is 420 g/mol. The number of carbonyl (C=O) groups excluding carboxylic acids is 2. The zero-order chi connectivity index (χ0) is 21.1. The second-order valence-electron chi connectivity index (χ2n) is 6.24. The summed E-state index contributed by atoms with van der Waals surface area (Å²) in [4.78, 5) is 28.9. The summed E-state index contributed by atoms with van der Waals surface area (Å²) < 4.78 is 35.9. The fourth-order valence-corrected chi connectivity index (χ4v) is 3.63. The van der Waals surface area contributed by atoms with Crippen molar-refractivity contribution in [1.29, 1.82) is 0 Å². The number of carbonyl (C=O) groups is 2. The lowest BCUT2D eigenvalue weighted by molar-refractivity contribution is -0.0498. The van der Waals surface area contributed by atoms with Gasteiger partial charge in [-0.25, -0.2) is 9.78 Å². The van der Waals surface area contributed by atoms with Gasteiger partial charge in [0.2, 0.25) is 5.78 Å². The molecule has 9 heteroatoms. The van der Waals surface area contributed by atoms with Gasteiger partial charge >= 0.3 is 12.6 Å². The summed E-state index contributed by atoms with van der Waals surface area (Å²) in [5.74, 6) is -0.878. The van der Waals surface area contributed by atoms with Crippen molar-refractivity contribution in [3.63, 3.8) is 0 Å². The van der Waals surface area contributed by atoms with Crippen LogP contribution in [0.3, 0.4) is 0 Å². The van der Waals surface area contributed by atoms with E-state index in [1.54, 1.807) is 32.0 Å². The van der Waals surface area contributed by atoms with Gasteiger partial charge in [0.25, 0.3) is 0 Å². The lowest BCUT2D eigenvalue weighted by Gasteiger charge is -2.11. The number of rotatable bonds is 7. The summed E-state index contributed by atoms with van der Waals surface area (Å²) >= 11 is 1.20. The van der Waals surface area contributed by atoms with E-state index < -0.39 is 12.6 Å². The van der Waals surface area contributed by atoms with Gasteiger partial charge in [-0.15, -0.1) is 11.3 Å². The first-order valence-corrected chi connectivity index (χ1v) is 9.45. The van der Waals surface area contributed by atoms with E-state index in [0.717, 1.165) is 10.7 Å². The largest absolute Gasteiger partial charge is 0.453 e. The number of aromatic nitrogens is 2. The average molecular weight is 420 g/mol. The molecule has 0 aliphatic carbocycles. The molecule has 0 N–H and O–H groups in total. The molecule has 152 valence electrons. The highest BCUT2D eigenvalue weighted by Gasteiger charge is 2.19. The second kappa shape index (κ2) is 8.52. The summed E-state index contributed by atoms with van der Waals surface area (Å²) in [5.41, 5.74) is 2.54. The Kier molecular flexibility index (Phi) is 6.07. The molecule has 0 aliphatic heterocycles. The van der Waals surface area contributed by atoms with Gasteiger partial charge in [0, 0.05) is 22.6 Å². The van der Waals surface area contributed by atoms with Crippen LogP contribution in [0, 0.1) is 20.8 Å². The van der Waals surface area contributed by atoms with Crippen molar-refractivity contribution < 1.29 is 27.8 Å². The standard InChI is InChI=1S/C20H18F2N2O4S/c1-11-8-16(17(25)10-27-19(26)18-9-23-13(3)29-18)12(2)24(11)14-4-6-15(7-5-14)28-20(21)22/h4-9,20H,10H2,1-3H3. The van der Waals surface area contributed by atoms with Crippen molar-refractivity contribution in [3.8, 4) is 11.4 Å². The van der Waals surface area contributed by atoms with E-state index in [1.165, 1.54) is 29.7 Å². The molecule has 0 aliphatic rings. The lowest BCUT2D eigenvalue weighted by Crippen LogP contribution is -2.14. The molecule has 2 aromatic heterocycles. The Hall–Kier alpha value is -3.07. The molecule has 29 heavy (non-hydrogen) atoms.